The van der Waals surface area contributed by atoms with E-state index in [9.17, 15) is 20.1 Å². The number of aliphatic hydroxyl groups is 3. The first-order valence-corrected chi connectivity index (χ1v) is 9.80. The Bertz CT molecular complexity index is 761. The summed E-state index contributed by atoms with van der Waals surface area (Å²) in [6.45, 7) is 8.14. The Morgan fingerprint density at radius 2 is 1.92 bits per heavy atom. The molecule has 26 heavy (non-hydrogen) atoms. The summed E-state index contributed by atoms with van der Waals surface area (Å²) >= 11 is 0. The first kappa shape index (κ1) is 16.2. The standard InChI is InChI=1S/C20H26O6/c1-8-9-4-5-10-18-11(21)6-7-17(2,3)12(18)14(23)20(24)19(10,13(8)22)15(9)25-16(18)26-20/h9-12,14-16,21,23-24H,1,4-7H2,2-3H3/t9-,10-,11-,12?,14-,15+,16-,18?,19?,20-/m0/s1. The number of Topliss-reactive ketones (excluding diaryl/α,β-unsaturated/α-hetero) is 1. The molecule has 3 unspecified atom stereocenters. The molecular weight excluding hydrogens is 336 g/mol. The number of hydrogen-bond acceptors (Lipinski definition) is 6. The fraction of sp³-hybridized carbons (Fsp3) is 0.850. The zero-order valence-electron chi connectivity index (χ0n) is 15.1. The summed E-state index contributed by atoms with van der Waals surface area (Å²) in [5, 5.41) is 34.3. The third kappa shape index (κ3) is 1.19. The molecule has 0 aromatic carbocycles. The minimum absolute atomic E-state index is 0.133. The van der Waals surface area contributed by atoms with Crippen LogP contribution < -0.4 is 0 Å². The molecular formula is C20H26O6. The predicted molar refractivity (Wildman–Crippen MR) is 88.4 cm³/mol. The highest BCUT2D eigenvalue weighted by Crippen LogP contribution is 2.81. The highest BCUT2D eigenvalue weighted by Gasteiger charge is 2.92. The number of ether oxygens (including phenoxy) is 2. The third-order valence-corrected chi connectivity index (χ3v) is 9.14. The van der Waals surface area contributed by atoms with Gasteiger partial charge in [-0.15, -0.1) is 0 Å². The number of rotatable bonds is 0. The summed E-state index contributed by atoms with van der Waals surface area (Å²) in [7, 11) is 0. The highest BCUT2D eigenvalue weighted by atomic mass is 16.8. The number of hydrogen-bond donors (Lipinski definition) is 3. The monoisotopic (exact) mass is 362 g/mol. The molecule has 8 rings (SSSR count). The summed E-state index contributed by atoms with van der Waals surface area (Å²) in [4.78, 5) is 13.4. The van der Waals surface area contributed by atoms with E-state index in [-0.39, 0.29) is 23.0 Å². The number of ketones is 1. The van der Waals surface area contributed by atoms with Crippen molar-refractivity contribution < 1.29 is 29.6 Å². The van der Waals surface area contributed by atoms with Gasteiger partial charge in [0.25, 0.3) is 0 Å². The normalized spacial score (nSPS) is 64.0. The Labute approximate surface area is 152 Å². The van der Waals surface area contributed by atoms with Gasteiger partial charge in [-0.2, -0.15) is 0 Å². The van der Waals surface area contributed by atoms with Gasteiger partial charge in [0.1, 0.15) is 11.5 Å². The maximum Gasteiger partial charge on any atom is 0.211 e. The number of carbonyl (C=O) groups excluding carboxylic acids is 1. The maximum absolute atomic E-state index is 13.4. The molecule has 2 spiro atoms. The van der Waals surface area contributed by atoms with Crippen molar-refractivity contribution in [3.05, 3.63) is 12.2 Å². The first-order chi connectivity index (χ1) is 12.1. The molecule has 0 amide bonds. The molecule has 4 saturated heterocycles. The van der Waals surface area contributed by atoms with E-state index < -0.39 is 47.1 Å². The molecule has 4 saturated carbocycles. The van der Waals surface area contributed by atoms with Crippen LogP contribution in [0, 0.1) is 34.0 Å². The highest BCUT2D eigenvalue weighted by molar-refractivity contribution is 6.05. The second-order valence-corrected chi connectivity index (χ2v) is 10.1. The van der Waals surface area contributed by atoms with Crippen LogP contribution in [0.5, 0.6) is 0 Å². The van der Waals surface area contributed by atoms with Gasteiger partial charge in [0.2, 0.25) is 5.79 Å². The van der Waals surface area contributed by atoms with Crippen molar-refractivity contribution in [2.45, 2.75) is 69.9 Å². The van der Waals surface area contributed by atoms with E-state index in [1.54, 1.807) is 0 Å². The Balaban J connectivity index is 1.70. The quantitative estimate of drug-likeness (QED) is 0.550. The van der Waals surface area contributed by atoms with E-state index >= 15 is 0 Å². The molecule has 8 fully saturated rings. The molecule has 142 valence electrons. The molecule has 8 aliphatic rings. The van der Waals surface area contributed by atoms with Crippen LogP contribution in [-0.4, -0.2) is 51.5 Å². The Kier molecular flexibility index (Phi) is 2.57. The summed E-state index contributed by atoms with van der Waals surface area (Å²) in [6, 6.07) is 0. The second-order valence-electron chi connectivity index (χ2n) is 10.1. The number of aliphatic hydroxyl groups excluding tert-OH is 2. The fourth-order valence-corrected chi connectivity index (χ4v) is 8.38. The van der Waals surface area contributed by atoms with Gasteiger partial charge in [0, 0.05) is 11.8 Å². The molecule has 0 aromatic heterocycles. The van der Waals surface area contributed by atoms with Crippen molar-refractivity contribution >= 4 is 5.78 Å². The minimum atomic E-state index is -1.97. The van der Waals surface area contributed by atoms with Crippen LogP contribution in [0.25, 0.3) is 0 Å². The van der Waals surface area contributed by atoms with Crippen molar-refractivity contribution in [1.82, 2.24) is 0 Å². The van der Waals surface area contributed by atoms with Gasteiger partial charge in [-0.1, -0.05) is 20.4 Å². The Morgan fingerprint density at radius 1 is 1.19 bits per heavy atom. The lowest BCUT2D eigenvalue weighted by molar-refractivity contribution is -0.556. The molecule has 6 nitrogen and oxygen atoms in total. The molecule has 4 aliphatic carbocycles. The summed E-state index contributed by atoms with van der Waals surface area (Å²) < 4.78 is 12.3. The Hall–Kier alpha value is -0.790. The average molecular weight is 362 g/mol. The SMILES string of the molecule is C=C1C(=O)C23[C@@H]4O[C@H]5O[C@@]2(O)[C@@H](O)C2C(C)(C)CC[C@H](O)C25[C@@H]3CC[C@@H]14. The van der Waals surface area contributed by atoms with Gasteiger partial charge < -0.3 is 24.8 Å². The molecule has 0 aromatic rings. The van der Waals surface area contributed by atoms with E-state index in [0.717, 1.165) is 12.8 Å². The van der Waals surface area contributed by atoms with Crippen LogP contribution in [0.2, 0.25) is 0 Å². The van der Waals surface area contributed by atoms with Crippen LogP contribution in [0.15, 0.2) is 12.2 Å². The van der Waals surface area contributed by atoms with Crippen LogP contribution in [0.3, 0.4) is 0 Å². The van der Waals surface area contributed by atoms with Crippen LogP contribution >= 0.6 is 0 Å². The van der Waals surface area contributed by atoms with Crippen molar-refractivity contribution in [1.29, 1.82) is 0 Å². The lowest BCUT2D eigenvalue weighted by Gasteiger charge is -2.79. The van der Waals surface area contributed by atoms with Crippen molar-refractivity contribution in [2.24, 2.45) is 34.0 Å². The van der Waals surface area contributed by atoms with E-state index in [1.165, 1.54) is 0 Å². The van der Waals surface area contributed by atoms with Gasteiger partial charge in [0.05, 0.1) is 17.6 Å². The minimum Gasteiger partial charge on any atom is -0.392 e. The maximum atomic E-state index is 13.4. The second kappa shape index (κ2) is 4.13. The topological polar surface area (TPSA) is 96.2 Å². The zero-order valence-corrected chi connectivity index (χ0v) is 15.1. The molecule has 6 heteroatoms. The molecule has 7 bridgehead atoms. The van der Waals surface area contributed by atoms with Crippen molar-refractivity contribution in [3.63, 3.8) is 0 Å². The third-order valence-electron chi connectivity index (χ3n) is 9.14. The molecule has 3 N–H and O–H groups in total. The van der Waals surface area contributed by atoms with Gasteiger partial charge in [-0.05, 0) is 42.6 Å². The van der Waals surface area contributed by atoms with Gasteiger partial charge in [-0.25, -0.2) is 0 Å². The Morgan fingerprint density at radius 3 is 2.65 bits per heavy atom. The summed E-state index contributed by atoms with van der Waals surface area (Å²) in [5.41, 5.74) is -2.03. The zero-order chi connectivity index (χ0) is 18.4. The van der Waals surface area contributed by atoms with E-state index in [2.05, 4.69) is 20.4 Å². The van der Waals surface area contributed by atoms with Gasteiger partial charge in [-0.3, -0.25) is 4.79 Å². The summed E-state index contributed by atoms with van der Waals surface area (Å²) in [6.07, 6.45) is -0.473. The largest absolute Gasteiger partial charge is 0.392 e. The summed E-state index contributed by atoms with van der Waals surface area (Å²) in [5.74, 6) is -2.99. The lowest BCUT2D eigenvalue weighted by atomic mass is 9.34. The first-order valence-electron chi connectivity index (χ1n) is 9.80. The lowest BCUT2D eigenvalue weighted by Crippen LogP contribution is -2.91. The molecule has 0 radical (unpaired) electrons. The predicted octanol–water partition coefficient (Wildman–Crippen LogP) is 0.740. The van der Waals surface area contributed by atoms with E-state index in [4.69, 9.17) is 9.47 Å². The van der Waals surface area contributed by atoms with Crippen molar-refractivity contribution in [3.8, 4) is 0 Å². The number of carbonyl (C=O) groups is 1. The van der Waals surface area contributed by atoms with Crippen LogP contribution in [-0.2, 0) is 14.3 Å². The molecule has 4 heterocycles. The van der Waals surface area contributed by atoms with Crippen molar-refractivity contribution in [2.75, 3.05) is 0 Å². The van der Waals surface area contributed by atoms with E-state index in [0.29, 0.717) is 18.4 Å². The average Bonchev–Trinajstić information content (AvgIpc) is 2.71. The smallest absolute Gasteiger partial charge is 0.211 e. The van der Waals surface area contributed by atoms with Crippen LogP contribution in [0.4, 0.5) is 0 Å². The molecule has 4 aliphatic heterocycles. The molecule has 10 atom stereocenters. The van der Waals surface area contributed by atoms with E-state index in [1.807, 2.05) is 0 Å². The van der Waals surface area contributed by atoms with Crippen LogP contribution in [0.1, 0.15) is 39.5 Å². The van der Waals surface area contributed by atoms with Gasteiger partial charge >= 0.3 is 0 Å². The van der Waals surface area contributed by atoms with Gasteiger partial charge in [0.15, 0.2) is 12.1 Å². The fourth-order valence-electron chi connectivity index (χ4n) is 8.38.